The van der Waals surface area contributed by atoms with Crippen LogP contribution in [-0.4, -0.2) is 36.8 Å². The van der Waals surface area contributed by atoms with Crippen molar-refractivity contribution in [3.8, 4) is 0 Å². The summed E-state index contributed by atoms with van der Waals surface area (Å²) in [7, 11) is 0. The van der Waals surface area contributed by atoms with Crippen LogP contribution in [0.2, 0.25) is 0 Å². The van der Waals surface area contributed by atoms with Crippen LogP contribution in [0, 0.1) is 0 Å². The molecule has 0 saturated carbocycles. The molecule has 0 spiro atoms. The minimum absolute atomic E-state index is 0.971. The number of hydrogen-bond acceptors (Lipinski definition) is 0. The molecule has 0 fully saturated rings. The van der Waals surface area contributed by atoms with Crippen LogP contribution < -0.4 is 10.9 Å². The van der Waals surface area contributed by atoms with Gasteiger partial charge in [0.25, 0.3) is 0 Å². The van der Waals surface area contributed by atoms with Gasteiger partial charge >= 0.3 is 0 Å². The van der Waals surface area contributed by atoms with Crippen LogP contribution in [0.3, 0.4) is 0 Å². The minimum atomic E-state index is -0.971. The Morgan fingerprint density at radius 1 is 0.400 bits per heavy atom. The van der Waals surface area contributed by atoms with E-state index < -0.39 is 6.15 Å². The van der Waals surface area contributed by atoms with Gasteiger partial charge in [0.15, 0.2) is 0 Å². The largest absolute Gasteiger partial charge is 0.324 e. The van der Waals surface area contributed by atoms with Crippen molar-refractivity contribution in [3.63, 3.8) is 0 Å². The Morgan fingerprint density at radius 2 is 0.675 bits per heavy atom. The molecule has 4 rings (SSSR count). The molecule has 0 bridgehead atoms. The zero-order chi connectivity index (χ0) is 28.5. The van der Waals surface area contributed by atoms with Gasteiger partial charge in [0, 0.05) is 0 Å². The summed E-state index contributed by atoms with van der Waals surface area (Å²) in [4.78, 5) is 0. The molecule has 4 aromatic rings. The zero-order valence-electron chi connectivity index (χ0n) is 25.6. The second-order valence-electron chi connectivity index (χ2n) is 11.7. The van der Waals surface area contributed by atoms with Crippen molar-refractivity contribution in [1.29, 1.82) is 0 Å². The summed E-state index contributed by atoms with van der Waals surface area (Å²) >= 11 is 0. The van der Waals surface area contributed by atoms with Gasteiger partial charge in [0.1, 0.15) is 0 Å². The lowest BCUT2D eigenvalue weighted by atomic mass is 9.14. The maximum atomic E-state index is 2.31. The molecule has 212 valence electrons. The van der Waals surface area contributed by atoms with Crippen LogP contribution in [0.15, 0.2) is 121 Å². The summed E-state index contributed by atoms with van der Waals surface area (Å²) in [6.45, 7) is 14.8. The van der Waals surface area contributed by atoms with E-state index >= 15 is 0 Å². The third-order valence-corrected chi connectivity index (χ3v) is 8.52. The Kier molecular flexibility index (Phi) is 13.3. The molecule has 0 aliphatic carbocycles. The molecule has 0 heterocycles. The maximum absolute atomic E-state index is 2.31. The first-order chi connectivity index (χ1) is 19.6. The first-order valence-corrected chi connectivity index (χ1v) is 15.8. The van der Waals surface area contributed by atoms with E-state index in [9.17, 15) is 0 Å². The van der Waals surface area contributed by atoms with Crippen molar-refractivity contribution in [1.82, 2.24) is 0 Å². The van der Waals surface area contributed by atoms with E-state index in [4.69, 9.17) is 0 Å². The highest BCUT2D eigenvalue weighted by Crippen LogP contribution is 2.19. The molecule has 0 N–H and O–H groups in total. The van der Waals surface area contributed by atoms with Crippen molar-refractivity contribution in [2.24, 2.45) is 0 Å². The Hall–Kier alpha value is -3.10. The molecular weight excluding hydrogens is 481 g/mol. The van der Waals surface area contributed by atoms with Crippen LogP contribution in [-0.2, 0) is 12.6 Å². The Bertz CT molecular complexity index is 1060. The lowest BCUT2D eigenvalue weighted by Gasteiger charge is -2.42. The number of hydrogen-bond donors (Lipinski definition) is 0. The van der Waals surface area contributed by atoms with Crippen LogP contribution in [0.5, 0.6) is 0 Å². The van der Waals surface area contributed by atoms with Crippen LogP contribution in [0.1, 0.15) is 64.5 Å². The fraction of sp³-hybridized carbons (Fsp3) is 0.368. The fourth-order valence-electron chi connectivity index (χ4n) is 6.98. The lowest BCUT2D eigenvalue weighted by Crippen LogP contribution is -2.62. The molecule has 0 aliphatic heterocycles. The minimum Gasteiger partial charge on any atom is -0.324 e. The van der Waals surface area contributed by atoms with Gasteiger partial charge in [-0.1, -0.05) is 160 Å². The summed E-state index contributed by atoms with van der Waals surface area (Å²) in [5, 5.41) is 0. The quantitative estimate of drug-likeness (QED) is 0.113. The third kappa shape index (κ3) is 8.96. The molecule has 0 aliphatic rings. The standard InChI is InChI=1S/C26H24B.C12H28N/c1-5-13-23(14-6-1)21-27(25-17-9-3-10-18-25,26-19-11-4-12-20-26)22-24-15-7-2-8-16-24;1-5-9-13(10-6-2,11-7-3)12-8-4/h1-20H,21-22H2;5-12H2,1-4H3/q-1;+1. The highest BCUT2D eigenvalue weighted by molar-refractivity contribution is 7.01. The molecule has 0 saturated heterocycles. The van der Waals surface area contributed by atoms with Gasteiger partial charge in [-0.2, -0.15) is 0 Å². The average Bonchev–Trinajstić information content (AvgIpc) is 3.00. The van der Waals surface area contributed by atoms with Crippen molar-refractivity contribution in [2.75, 3.05) is 26.2 Å². The van der Waals surface area contributed by atoms with Gasteiger partial charge < -0.3 is 4.48 Å². The number of quaternary nitrogens is 1. The second kappa shape index (κ2) is 16.9. The number of rotatable bonds is 14. The van der Waals surface area contributed by atoms with Gasteiger partial charge in [-0.3, -0.25) is 0 Å². The van der Waals surface area contributed by atoms with Gasteiger partial charge in [-0.25, -0.2) is 10.9 Å². The van der Waals surface area contributed by atoms with E-state index in [1.54, 1.807) is 0 Å². The van der Waals surface area contributed by atoms with E-state index in [0.717, 1.165) is 12.6 Å². The van der Waals surface area contributed by atoms with Crippen molar-refractivity contribution in [3.05, 3.63) is 132 Å². The average molecular weight is 534 g/mol. The Labute approximate surface area is 245 Å². The number of benzene rings is 4. The van der Waals surface area contributed by atoms with Crippen LogP contribution >= 0.6 is 0 Å². The Balaban J connectivity index is 0.000000289. The van der Waals surface area contributed by atoms with Crippen molar-refractivity contribution in [2.45, 2.75) is 66.0 Å². The molecule has 0 unspecified atom stereocenters. The monoisotopic (exact) mass is 533 g/mol. The predicted molar refractivity (Wildman–Crippen MR) is 179 cm³/mol. The highest BCUT2D eigenvalue weighted by Gasteiger charge is 2.28. The van der Waals surface area contributed by atoms with Crippen molar-refractivity contribution >= 4 is 17.1 Å². The van der Waals surface area contributed by atoms with E-state index in [1.807, 2.05) is 0 Å². The first-order valence-electron chi connectivity index (χ1n) is 15.8. The van der Waals surface area contributed by atoms with Crippen molar-refractivity contribution < 1.29 is 4.48 Å². The molecule has 0 atom stereocenters. The van der Waals surface area contributed by atoms with Gasteiger partial charge in [0.05, 0.1) is 32.3 Å². The number of nitrogens with zero attached hydrogens (tertiary/aromatic N) is 1. The normalized spacial score (nSPS) is 11.5. The molecule has 40 heavy (non-hydrogen) atoms. The summed E-state index contributed by atoms with van der Waals surface area (Å²) in [6, 6.07) is 43.9. The fourth-order valence-corrected chi connectivity index (χ4v) is 6.98. The van der Waals surface area contributed by atoms with E-state index in [2.05, 4.69) is 149 Å². The first kappa shape index (κ1) is 31.4. The molecule has 0 amide bonds. The maximum Gasteiger partial charge on any atom is 0.0783 e. The van der Waals surface area contributed by atoms with Gasteiger partial charge in [-0.05, 0) is 25.7 Å². The zero-order valence-corrected chi connectivity index (χ0v) is 25.6. The van der Waals surface area contributed by atoms with E-state index in [1.165, 1.54) is 78.4 Å². The summed E-state index contributed by atoms with van der Waals surface area (Å²) in [5.41, 5.74) is 5.63. The molecule has 2 heteroatoms. The lowest BCUT2D eigenvalue weighted by molar-refractivity contribution is -0.928. The summed E-state index contributed by atoms with van der Waals surface area (Å²) < 4.78 is 1.38. The third-order valence-electron chi connectivity index (χ3n) is 8.52. The predicted octanol–water partition coefficient (Wildman–Crippen LogP) is 8.26. The molecule has 0 radical (unpaired) electrons. The molecule has 4 aromatic carbocycles. The molecular formula is C38H52BN. The van der Waals surface area contributed by atoms with E-state index in [-0.39, 0.29) is 0 Å². The van der Waals surface area contributed by atoms with Crippen LogP contribution in [0.25, 0.3) is 0 Å². The molecule has 0 aromatic heterocycles. The van der Waals surface area contributed by atoms with Gasteiger partial charge in [-0.15, -0.1) is 12.6 Å². The second-order valence-corrected chi connectivity index (χ2v) is 11.7. The Morgan fingerprint density at radius 3 is 0.950 bits per heavy atom. The smallest absolute Gasteiger partial charge is 0.0783 e. The summed E-state index contributed by atoms with van der Waals surface area (Å²) in [6.07, 6.45) is 6.42. The topological polar surface area (TPSA) is 0 Å². The summed E-state index contributed by atoms with van der Waals surface area (Å²) in [5.74, 6) is 0. The highest BCUT2D eigenvalue weighted by atomic mass is 15.3. The van der Waals surface area contributed by atoms with E-state index in [0.29, 0.717) is 0 Å². The van der Waals surface area contributed by atoms with Crippen LogP contribution in [0.4, 0.5) is 0 Å². The SMILES string of the molecule is CCC[N+](CCC)(CCC)CCC.c1ccc(C[B-](Cc2ccccc2)(c2ccccc2)c2ccccc2)cc1. The van der Waals surface area contributed by atoms with Gasteiger partial charge in [0.2, 0.25) is 0 Å². The molecule has 1 nitrogen and oxygen atoms in total.